The van der Waals surface area contributed by atoms with E-state index < -0.39 is 0 Å². The molecule has 0 spiro atoms. The van der Waals surface area contributed by atoms with Gasteiger partial charge in [0.05, 0.1) is 7.11 Å². The van der Waals surface area contributed by atoms with Gasteiger partial charge in [0.15, 0.2) is 0 Å². The van der Waals surface area contributed by atoms with Crippen LogP contribution in [0.5, 0.6) is 5.75 Å². The fourth-order valence-corrected chi connectivity index (χ4v) is 2.33. The maximum Gasteiger partial charge on any atom is 0.120 e. The summed E-state index contributed by atoms with van der Waals surface area (Å²) in [4.78, 5) is 0. The highest BCUT2D eigenvalue weighted by atomic mass is 35.5. The topological polar surface area (TPSA) is 35.2 Å². The van der Waals surface area contributed by atoms with Crippen molar-refractivity contribution < 1.29 is 4.74 Å². The molecule has 0 aromatic heterocycles. The molecule has 2 nitrogen and oxygen atoms in total. The summed E-state index contributed by atoms with van der Waals surface area (Å²) < 4.78 is 5.16. The third kappa shape index (κ3) is 4.21. The zero-order valence-electron chi connectivity index (χ0n) is 10.9. The van der Waals surface area contributed by atoms with Crippen LogP contribution in [0, 0.1) is 0 Å². The number of nitrogens with two attached hydrogens (primary N) is 1. The first-order valence-corrected chi connectivity index (χ1v) is 6.55. The highest BCUT2D eigenvalue weighted by Crippen LogP contribution is 2.33. The van der Waals surface area contributed by atoms with Crippen molar-refractivity contribution in [3.05, 3.63) is 28.8 Å². The molecule has 2 unspecified atom stereocenters. The number of benzene rings is 1. The second-order valence-corrected chi connectivity index (χ2v) is 4.95. The van der Waals surface area contributed by atoms with Crippen molar-refractivity contribution in [2.24, 2.45) is 5.73 Å². The Labute approximate surface area is 109 Å². The van der Waals surface area contributed by atoms with Crippen LogP contribution in [0.1, 0.15) is 44.6 Å². The predicted molar refractivity (Wildman–Crippen MR) is 73.9 cm³/mol. The maximum absolute atomic E-state index is 6.29. The molecule has 0 amide bonds. The number of ether oxygens (including phenoxy) is 1. The van der Waals surface area contributed by atoms with Crippen LogP contribution in [-0.2, 0) is 0 Å². The van der Waals surface area contributed by atoms with Gasteiger partial charge in [0.1, 0.15) is 5.75 Å². The second-order valence-electron chi connectivity index (χ2n) is 4.55. The molecular formula is C14H22ClNO. The first-order valence-electron chi connectivity index (χ1n) is 6.17. The van der Waals surface area contributed by atoms with Gasteiger partial charge in [-0.2, -0.15) is 0 Å². The Hall–Kier alpha value is -0.730. The second kappa shape index (κ2) is 6.87. The standard InChI is InChI=1S/C14H22ClNO/c1-4-11(6-5-10(2)16)13-8-7-12(17-3)9-14(13)15/h7-11H,4-6,16H2,1-3H3. The van der Waals surface area contributed by atoms with E-state index in [0.717, 1.165) is 30.0 Å². The van der Waals surface area contributed by atoms with Crippen LogP contribution in [0.25, 0.3) is 0 Å². The molecule has 17 heavy (non-hydrogen) atoms. The van der Waals surface area contributed by atoms with E-state index in [1.807, 2.05) is 19.1 Å². The lowest BCUT2D eigenvalue weighted by Gasteiger charge is -2.18. The average molecular weight is 256 g/mol. The minimum Gasteiger partial charge on any atom is -0.497 e. The predicted octanol–water partition coefficient (Wildman–Crippen LogP) is 3.97. The van der Waals surface area contributed by atoms with E-state index in [4.69, 9.17) is 22.1 Å². The van der Waals surface area contributed by atoms with Crippen LogP contribution in [0.4, 0.5) is 0 Å². The van der Waals surface area contributed by atoms with Gasteiger partial charge in [0.25, 0.3) is 0 Å². The van der Waals surface area contributed by atoms with Gasteiger partial charge < -0.3 is 10.5 Å². The molecule has 1 aromatic carbocycles. The molecule has 1 rings (SSSR count). The number of rotatable bonds is 6. The van der Waals surface area contributed by atoms with Crippen LogP contribution in [0.2, 0.25) is 5.02 Å². The Morgan fingerprint density at radius 2 is 2.06 bits per heavy atom. The zero-order chi connectivity index (χ0) is 12.8. The summed E-state index contributed by atoms with van der Waals surface area (Å²) in [5.41, 5.74) is 7.01. The lowest BCUT2D eigenvalue weighted by molar-refractivity contribution is 0.414. The Morgan fingerprint density at radius 1 is 1.35 bits per heavy atom. The summed E-state index contributed by atoms with van der Waals surface area (Å²) in [7, 11) is 1.65. The molecule has 0 aliphatic carbocycles. The van der Waals surface area contributed by atoms with Crippen molar-refractivity contribution in [1.29, 1.82) is 0 Å². The summed E-state index contributed by atoms with van der Waals surface area (Å²) in [5, 5.41) is 0.792. The van der Waals surface area contributed by atoms with Crippen molar-refractivity contribution in [3.63, 3.8) is 0 Å². The fourth-order valence-electron chi connectivity index (χ4n) is 2.01. The Balaban J connectivity index is 2.80. The van der Waals surface area contributed by atoms with Crippen LogP contribution in [-0.4, -0.2) is 13.2 Å². The number of methoxy groups -OCH3 is 1. The monoisotopic (exact) mass is 255 g/mol. The molecule has 0 heterocycles. The smallest absolute Gasteiger partial charge is 0.120 e. The molecule has 2 N–H and O–H groups in total. The SMILES string of the molecule is CCC(CCC(C)N)c1ccc(OC)cc1Cl. The average Bonchev–Trinajstić information content (AvgIpc) is 2.31. The molecular weight excluding hydrogens is 234 g/mol. The summed E-state index contributed by atoms with van der Waals surface area (Å²) in [5.74, 6) is 1.29. The Bertz CT molecular complexity index is 352. The highest BCUT2D eigenvalue weighted by molar-refractivity contribution is 6.31. The molecule has 3 heteroatoms. The van der Waals surface area contributed by atoms with E-state index >= 15 is 0 Å². The van der Waals surface area contributed by atoms with Gasteiger partial charge in [0.2, 0.25) is 0 Å². The summed E-state index contributed by atoms with van der Waals surface area (Å²) in [6, 6.07) is 6.17. The Morgan fingerprint density at radius 3 is 2.53 bits per heavy atom. The van der Waals surface area contributed by atoms with Crippen molar-refractivity contribution >= 4 is 11.6 Å². The molecule has 2 atom stereocenters. The number of halogens is 1. The van der Waals surface area contributed by atoms with E-state index in [2.05, 4.69) is 13.0 Å². The zero-order valence-corrected chi connectivity index (χ0v) is 11.6. The van der Waals surface area contributed by atoms with Crippen molar-refractivity contribution in [1.82, 2.24) is 0 Å². The van der Waals surface area contributed by atoms with E-state index in [9.17, 15) is 0 Å². The molecule has 0 bridgehead atoms. The molecule has 0 aliphatic heterocycles. The van der Waals surface area contributed by atoms with Crippen LogP contribution >= 0.6 is 11.6 Å². The first-order chi connectivity index (χ1) is 8.08. The quantitative estimate of drug-likeness (QED) is 0.835. The first kappa shape index (κ1) is 14.3. The minimum absolute atomic E-state index is 0.251. The summed E-state index contributed by atoms with van der Waals surface area (Å²) in [6.07, 6.45) is 3.19. The van der Waals surface area contributed by atoms with Gasteiger partial charge in [-0.3, -0.25) is 0 Å². The number of hydrogen-bond donors (Lipinski definition) is 1. The molecule has 96 valence electrons. The highest BCUT2D eigenvalue weighted by Gasteiger charge is 2.14. The van der Waals surface area contributed by atoms with Gasteiger partial charge in [-0.1, -0.05) is 24.6 Å². The van der Waals surface area contributed by atoms with Crippen LogP contribution in [0.3, 0.4) is 0 Å². The van der Waals surface area contributed by atoms with E-state index in [0.29, 0.717) is 5.92 Å². The largest absolute Gasteiger partial charge is 0.497 e. The van der Waals surface area contributed by atoms with Gasteiger partial charge in [-0.25, -0.2) is 0 Å². The normalized spacial score (nSPS) is 14.4. The van der Waals surface area contributed by atoms with Gasteiger partial charge in [0, 0.05) is 11.1 Å². The molecule has 1 aromatic rings. The molecule has 0 fully saturated rings. The summed E-state index contributed by atoms with van der Waals surface area (Å²) >= 11 is 6.29. The van der Waals surface area contributed by atoms with E-state index in [1.54, 1.807) is 7.11 Å². The van der Waals surface area contributed by atoms with E-state index in [-0.39, 0.29) is 6.04 Å². The lowest BCUT2D eigenvalue weighted by Crippen LogP contribution is -2.15. The maximum atomic E-state index is 6.29. The third-order valence-electron chi connectivity index (χ3n) is 3.11. The van der Waals surface area contributed by atoms with Crippen LogP contribution in [0.15, 0.2) is 18.2 Å². The van der Waals surface area contributed by atoms with E-state index in [1.165, 1.54) is 5.56 Å². The summed E-state index contributed by atoms with van der Waals surface area (Å²) in [6.45, 7) is 4.23. The van der Waals surface area contributed by atoms with Crippen molar-refractivity contribution in [2.45, 2.75) is 45.1 Å². The molecule has 0 aliphatic rings. The van der Waals surface area contributed by atoms with Gasteiger partial charge in [-0.15, -0.1) is 0 Å². The fraction of sp³-hybridized carbons (Fsp3) is 0.571. The van der Waals surface area contributed by atoms with Crippen molar-refractivity contribution in [3.8, 4) is 5.75 Å². The van der Waals surface area contributed by atoms with Gasteiger partial charge >= 0.3 is 0 Å². The van der Waals surface area contributed by atoms with Crippen molar-refractivity contribution in [2.75, 3.05) is 7.11 Å². The molecule has 0 radical (unpaired) electrons. The van der Waals surface area contributed by atoms with Crippen LogP contribution < -0.4 is 10.5 Å². The third-order valence-corrected chi connectivity index (χ3v) is 3.44. The molecule has 0 saturated carbocycles. The van der Waals surface area contributed by atoms with Gasteiger partial charge in [-0.05, 0) is 49.8 Å². The minimum atomic E-state index is 0.251. The lowest BCUT2D eigenvalue weighted by atomic mass is 9.90. The molecule has 0 saturated heterocycles. The Kier molecular flexibility index (Phi) is 5.79. The number of hydrogen-bond acceptors (Lipinski definition) is 2.